The second-order valence-corrected chi connectivity index (χ2v) is 8.01. The van der Waals surface area contributed by atoms with E-state index in [1.807, 2.05) is 19.9 Å². The van der Waals surface area contributed by atoms with Crippen molar-refractivity contribution in [2.75, 3.05) is 12.0 Å². The van der Waals surface area contributed by atoms with Crippen LogP contribution in [-0.2, 0) is 9.84 Å². The van der Waals surface area contributed by atoms with Gasteiger partial charge in [0.05, 0.1) is 10.6 Å². The fourth-order valence-corrected chi connectivity index (χ4v) is 3.44. The Kier molecular flexibility index (Phi) is 4.58. The summed E-state index contributed by atoms with van der Waals surface area (Å²) in [5.74, 6) is 0.394. The largest absolute Gasteiger partial charge is 0.362 e. The van der Waals surface area contributed by atoms with Gasteiger partial charge in [-0.2, -0.15) is 0 Å². The van der Waals surface area contributed by atoms with Crippen LogP contribution in [0, 0.1) is 13.8 Å². The van der Waals surface area contributed by atoms with Crippen molar-refractivity contribution in [2.45, 2.75) is 23.6 Å². The maximum absolute atomic E-state index is 12.1. The summed E-state index contributed by atoms with van der Waals surface area (Å²) in [7, 11) is -3.18. The first kappa shape index (κ1) is 15.9. The van der Waals surface area contributed by atoms with E-state index >= 15 is 0 Å². The molecular weight excluding hydrogens is 306 g/mol. The van der Waals surface area contributed by atoms with E-state index in [2.05, 4.69) is 4.98 Å². The van der Waals surface area contributed by atoms with Gasteiger partial charge in [-0.15, -0.1) is 11.8 Å². The molecule has 0 atom stereocenters. The van der Waals surface area contributed by atoms with E-state index in [4.69, 9.17) is 0 Å². The Morgan fingerprint density at radius 1 is 1.19 bits per heavy atom. The number of ketones is 1. The van der Waals surface area contributed by atoms with Gasteiger partial charge in [-0.25, -0.2) is 8.42 Å². The van der Waals surface area contributed by atoms with Gasteiger partial charge in [0.15, 0.2) is 15.6 Å². The number of sulfone groups is 1. The molecule has 21 heavy (non-hydrogen) atoms. The minimum absolute atomic E-state index is 0.0639. The van der Waals surface area contributed by atoms with Gasteiger partial charge in [-0.1, -0.05) is 0 Å². The SMILES string of the molecule is Cc1cc(C(=O)CSc2ccc(S(C)(=O)=O)cc2)c(C)[nH]1. The summed E-state index contributed by atoms with van der Waals surface area (Å²) in [4.78, 5) is 16.4. The number of carbonyl (C=O) groups excluding carboxylic acids is 1. The predicted octanol–water partition coefficient (Wildman–Crippen LogP) is 3.01. The molecule has 0 amide bonds. The number of carbonyl (C=O) groups is 1. The summed E-state index contributed by atoms with van der Waals surface area (Å²) in [6.07, 6.45) is 1.18. The lowest BCUT2D eigenvalue weighted by Crippen LogP contribution is -2.03. The van der Waals surface area contributed by atoms with E-state index in [0.717, 1.165) is 16.3 Å². The first-order valence-electron chi connectivity index (χ1n) is 6.39. The number of Topliss-reactive ketones (excluding diaryl/α,β-unsaturated/α-hetero) is 1. The third-order valence-electron chi connectivity index (χ3n) is 3.07. The van der Waals surface area contributed by atoms with E-state index in [1.165, 1.54) is 18.0 Å². The fraction of sp³-hybridized carbons (Fsp3) is 0.267. The van der Waals surface area contributed by atoms with Gasteiger partial charge in [-0.3, -0.25) is 4.79 Å². The van der Waals surface area contributed by atoms with Crippen molar-refractivity contribution in [1.82, 2.24) is 4.98 Å². The second kappa shape index (κ2) is 6.07. The number of aryl methyl sites for hydroxylation is 2. The van der Waals surface area contributed by atoms with Crippen molar-refractivity contribution in [2.24, 2.45) is 0 Å². The van der Waals surface area contributed by atoms with Gasteiger partial charge in [0.2, 0.25) is 0 Å². The molecule has 0 unspecified atom stereocenters. The highest BCUT2D eigenvalue weighted by molar-refractivity contribution is 8.00. The smallest absolute Gasteiger partial charge is 0.175 e. The molecule has 112 valence electrons. The Hall–Kier alpha value is -1.53. The molecule has 4 nitrogen and oxygen atoms in total. The maximum atomic E-state index is 12.1. The van der Waals surface area contributed by atoms with Gasteiger partial charge >= 0.3 is 0 Å². The highest BCUT2D eigenvalue weighted by Gasteiger charge is 2.12. The Labute approximate surface area is 128 Å². The molecule has 1 N–H and O–H groups in total. The number of hydrogen-bond donors (Lipinski definition) is 1. The van der Waals surface area contributed by atoms with Crippen molar-refractivity contribution in [1.29, 1.82) is 0 Å². The summed E-state index contributed by atoms with van der Waals surface area (Å²) in [6.45, 7) is 3.80. The average molecular weight is 323 g/mol. The van der Waals surface area contributed by atoms with E-state index in [0.29, 0.717) is 11.3 Å². The number of aromatic amines is 1. The molecule has 2 rings (SSSR count). The molecule has 2 aromatic rings. The summed E-state index contributed by atoms with van der Waals surface area (Å²) < 4.78 is 22.7. The quantitative estimate of drug-likeness (QED) is 0.678. The Morgan fingerprint density at radius 2 is 1.81 bits per heavy atom. The Morgan fingerprint density at radius 3 is 2.29 bits per heavy atom. The first-order valence-corrected chi connectivity index (χ1v) is 9.27. The molecule has 0 aliphatic rings. The molecule has 0 aliphatic heterocycles. The zero-order valence-electron chi connectivity index (χ0n) is 12.1. The third kappa shape index (κ3) is 3.98. The van der Waals surface area contributed by atoms with Crippen molar-refractivity contribution < 1.29 is 13.2 Å². The normalized spacial score (nSPS) is 11.6. The van der Waals surface area contributed by atoms with Crippen LogP contribution >= 0.6 is 11.8 Å². The number of benzene rings is 1. The molecule has 0 aliphatic carbocycles. The summed E-state index contributed by atoms with van der Waals surface area (Å²) in [6, 6.07) is 8.43. The monoisotopic (exact) mass is 323 g/mol. The van der Waals surface area contributed by atoms with Crippen LogP contribution in [0.25, 0.3) is 0 Å². The van der Waals surface area contributed by atoms with Crippen LogP contribution in [-0.4, -0.2) is 31.2 Å². The van der Waals surface area contributed by atoms with Crippen molar-refractivity contribution in [3.8, 4) is 0 Å². The second-order valence-electron chi connectivity index (χ2n) is 4.95. The number of aromatic nitrogens is 1. The lowest BCUT2D eigenvalue weighted by molar-refractivity contribution is 0.102. The number of hydrogen-bond acceptors (Lipinski definition) is 4. The molecule has 1 aromatic heterocycles. The summed E-state index contributed by atoms with van der Waals surface area (Å²) in [5, 5.41) is 0. The Bertz CT molecular complexity index is 759. The molecule has 0 spiro atoms. The minimum Gasteiger partial charge on any atom is -0.362 e. The maximum Gasteiger partial charge on any atom is 0.175 e. The summed E-state index contributed by atoms with van der Waals surface area (Å²) >= 11 is 1.40. The van der Waals surface area contributed by atoms with Crippen molar-refractivity contribution in [3.05, 3.63) is 47.3 Å². The molecule has 0 fully saturated rings. The topological polar surface area (TPSA) is 67.0 Å². The first-order chi connectivity index (χ1) is 9.77. The van der Waals surface area contributed by atoms with Crippen LogP contribution in [0.5, 0.6) is 0 Å². The van der Waals surface area contributed by atoms with E-state index in [1.54, 1.807) is 24.3 Å². The van der Waals surface area contributed by atoms with Crippen LogP contribution in [0.2, 0.25) is 0 Å². The van der Waals surface area contributed by atoms with E-state index in [-0.39, 0.29) is 10.7 Å². The zero-order valence-corrected chi connectivity index (χ0v) is 13.8. The van der Waals surface area contributed by atoms with Crippen molar-refractivity contribution in [3.63, 3.8) is 0 Å². The van der Waals surface area contributed by atoms with Gasteiger partial charge in [0.1, 0.15) is 0 Å². The molecule has 1 heterocycles. The molecule has 1 aromatic carbocycles. The fourth-order valence-electron chi connectivity index (χ4n) is 2.02. The average Bonchev–Trinajstić information content (AvgIpc) is 2.74. The van der Waals surface area contributed by atoms with Crippen LogP contribution in [0.3, 0.4) is 0 Å². The van der Waals surface area contributed by atoms with Gasteiger partial charge < -0.3 is 4.98 Å². The van der Waals surface area contributed by atoms with Crippen LogP contribution in [0.15, 0.2) is 40.1 Å². The predicted molar refractivity (Wildman–Crippen MR) is 84.9 cm³/mol. The molecule has 0 radical (unpaired) electrons. The van der Waals surface area contributed by atoms with Gasteiger partial charge in [0, 0.05) is 28.1 Å². The Balaban J connectivity index is 2.03. The minimum atomic E-state index is -3.18. The van der Waals surface area contributed by atoms with Gasteiger partial charge in [0.25, 0.3) is 0 Å². The number of nitrogens with one attached hydrogen (secondary N) is 1. The highest BCUT2D eigenvalue weighted by Crippen LogP contribution is 2.22. The van der Waals surface area contributed by atoms with E-state index in [9.17, 15) is 13.2 Å². The molecular formula is C15H17NO3S2. The standard InChI is InChI=1S/C15H17NO3S2/c1-10-8-14(11(2)16-10)15(17)9-20-12-4-6-13(7-5-12)21(3,18)19/h4-8,16H,9H2,1-3H3. The van der Waals surface area contributed by atoms with Crippen LogP contribution in [0.4, 0.5) is 0 Å². The van der Waals surface area contributed by atoms with Crippen LogP contribution in [0.1, 0.15) is 21.7 Å². The third-order valence-corrected chi connectivity index (χ3v) is 5.21. The molecule has 0 saturated heterocycles. The lowest BCUT2D eigenvalue weighted by atomic mass is 10.2. The van der Waals surface area contributed by atoms with Crippen LogP contribution < -0.4 is 0 Å². The molecule has 0 bridgehead atoms. The van der Waals surface area contributed by atoms with Crippen molar-refractivity contribution >= 4 is 27.4 Å². The highest BCUT2D eigenvalue weighted by atomic mass is 32.2. The van der Waals surface area contributed by atoms with E-state index < -0.39 is 9.84 Å². The number of thioether (sulfide) groups is 1. The molecule has 6 heteroatoms. The number of rotatable bonds is 5. The lowest BCUT2D eigenvalue weighted by Gasteiger charge is -2.03. The molecule has 0 saturated carbocycles. The summed E-state index contributed by atoms with van der Waals surface area (Å²) in [5.41, 5.74) is 2.57. The zero-order chi connectivity index (χ0) is 15.6. The van der Waals surface area contributed by atoms with Gasteiger partial charge in [-0.05, 0) is 44.2 Å². The number of H-pyrrole nitrogens is 1.